The van der Waals surface area contributed by atoms with Crippen LogP contribution in [0.1, 0.15) is 36.2 Å². The monoisotopic (exact) mass is 398 g/mol. The number of amides is 2. The number of anilines is 2. The fourth-order valence-electron chi connectivity index (χ4n) is 3.57. The molecule has 8 nitrogen and oxygen atoms in total. The molecule has 0 aliphatic carbocycles. The standard InChI is InChI=1S/C19H22N6O2S/c1-10-3-4-14(15-6-13-16(28-15)8-22-24-13)25(9-10)19(27)18(26)23-12-5-11(2)17(20)21-7-12/h5-8,10,14H,3-4,9H2,1-2H3,(H2,20,21)(H,22,24)(H,23,26)/t10-,14+/m0/s1. The molecule has 0 spiro atoms. The summed E-state index contributed by atoms with van der Waals surface area (Å²) >= 11 is 1.61. The van der Waals surface area contributed by atoms with E-state index < -0.39 is 11.8 Å². The number of rotatable bonds is 2. The summed E-state index contributed by atoms with van der Waals surface area (Å²) in [7, 11) is 0. The van der Waals surface area contributed by atoms with Gasteiger partial charge in [-0.15, -0.1) is 11.3 Å². The van der Waals surface area contributed by atoms with Gasteiger partial charge in [-0.2, -0.15) is 5.10 Å². The zero-order valence-corrected chi connectivity index (χ0v) is 16.5. The largest absolute Gasteiger partial charge is 0.383 e. The van der Waals surface area contributed by atoms with Gasteiger partial charge in [0.25, 0.3) is 0 Å². The second-order valence-electron chi connectivity index (χ2n) is 7.33. The first-order valence-corrected chi connectivity index (χ1v) is 10.0. The molecule has 1 aliphatic rings. The first-order valence-electron chi connectivity index (χ1n) is 9.19. The van der Waals surface area contributed by atoms with Crippen LogP contribution in [0.5, 0.6) is 0 Å². The number of aryl methyl sites for hydroxylation is 1. The minimum atomic E-state index is -0.658. The van der Waals surface area contributed by atoms with Gasteiger partial charge in [0.1, 0.15) is 5.82 Å². The maximum Gasteiger partial charge on any atom is 0.313 e. The molecule has 0 unspecified atom stereocenters. The van der Waals surface area contributed by atoms with Crippen LogP contribution in [0.4, 0.5) is 11.5 Å². The Morgan fingerprint density at radius 2 is 2.14 bits per heavy atom. The van der Waals surface area contributed by atoms with E-state index in [-0.39, 0.29) is 6.04 Å². The quantitative estimate of drug-likeness (QED) is 0.574. The Kier molecular flexibility index (Phi) is 4.76. The van der Waals surface area contributed by atoms with E-state index in [0.717, 1.165) is 33.5 Å². The van der Waals surface area contributed by atoms with Crippen LogP contribution in [0.2, 0.25) is 0 Å². The number of fused-ring (bicyclic) bond motifs is 1. The highest BCUT2D eigenvalue weighted by atomic mass is 32.1. The molecule has 4 N–H and O–H groups in total. The number of aromatic amines is 1. The highest BCUT2D eigenvalue weighted by molar-refractivity contribution is 7.19. The van der Waals surface area contributed by atoms with E-state index in [4.69, 9.17) is 5.73 Å². The third-order valence-electron chi connectivity index (χ3n) is 5.12. The summed E-state index contributed by atoms with van der Waals surface area (Å²) in [6.45, 7) is 4.46. The van der Waals surface area contributed by atoms with Crippen molar-refractivity contribution in [1.29, 1.82) is 0 Å². The zero-order chi connectivity index (χ0) is 19.8. The lowest BCUT2D eigenvalue weighted by Crippen LogP contribution is -2.46. The van der Waals surface area contributed by atoms with Crippen molar-refractivity contribution in [3.8, 4) is 0 Å². The molecule has 2 atom stereocenters. The molecular weight excluding hydrogens is 376 g/mol. The van der Waals surface area contributed by atoms with Crippen LogP contribution in [0.3, 0.4) is 0 Å². The third kappa shape index (κ3) is 3.45. The van der Waals surface area contributed by atoms with Gasteiger partial charge < -0.3 is 16.0 Å². The van der Waals surface area contributed by atoms with Gasteiger partial charge in [-0.25, -0.2) is 4.98 Å². The third-order valence-corrected chi connectivity index (χ3v) is 6.30. The minimum Gasteiger partial charge on any atom is -0.383 e. The van der Waals surface area contributed by atoms with Crippen molar-refractivity contribution in [3.63, 3.8) is 0 Å². The summed E-state index contributed by atoms with van der Waals surface area (Å²) in [5, 5.41) is 9.64. The van der Waals surface area contributed by atoms with E-state index in [2.05, 4.69) is 27.4 Å². The molecule has 2 amide bonds. The van der Waals surface area contributed by atoms with E-state index in [1.165, 1.54) is 6.20 Å². The number of likely N-dealkylation sites (tertiary alicyclic amines) is 1. The first kappa shape index (κ1) is 18.4. The van der Waals surface area contributed by atoms with Crippen LogP contribution in [0.15, 0.2) is 24.5 Å². The van der Waals surface area contributed by atoms with Gasteiger partial charge in [0, 0.05) is 11.4 Å². The molecule has 0 saturated carbocycles. The van der Waals surface area contributed by atoms with Gasteiger partial charge in [0.2, 0.25) is 0 Å². The number of nitrogens with two attached hydrogens (primary N) is 1. The molecule has 0 radical (unpaired) electrons. The van der Waals surface area contributed by atoms with Crippen LogP contribution in [-0.2, 0) is 9.59 Å². The number of H-pyrrole nitrogens is 1. The molecule has 146 valence electrons. The van der Waals surface area contributed by atoms with Crippen LogP contribution < -0.4 is 11.1 Å². The second kappa shape index (κ2) is 7.23. The van der Waals surface area contributed by atoms with E-state index in [1.54, 1.807) is 35.4 Å². The number of carbonyl (C=O) groups excluding carboxylic acids is 2. The smallest absolute Gasteiger partial charge is 0.313 e. The molecule has 28 heavy (non-hydrogen) atoms. The molecule has 3 aromatic rings. The van der Waals surface area contributed by atoms with Gasteiger partial charge in [0.15, 0.2) is 0 Å². The maximum absolute atomic E-state index is 13.0. The first-order chi connectivity index (χ1) is 13.4. The zero-order valence-electron chi connectivity index (χ0n) is 15.7. The summed E-state index contributed by atoms with van der Waals surface area (Å²) in [6, 6.07) is 3.63. The Morgan fingerprint density at radius 1 is 1.32 bits per heavy atom. The van der Waals surface area contributed by atoms with Crippen LogP contribution in [0, 0.1) is 12.8 Å². The number of nitrogens with one attached hydrogen (secondary N) is 2. The Labute approximate surface area is 166 Å². The molecule has 4 rings (SSSR count). The Morgan fingerprint density at radius 3 is 2.89 bits per heavy atom. The van der Waals surface area contributed by atoms with Crippen LogP contribution >= 0.6 is 11.3 Å². The fourth-order valence-corrected chi connectivity index (χ4v) is 4.71. The lowest BCUT2D eigenvalue weighted by atomic mass is 9.93. The number of piperidine rings is 1. The van der Waals surface area contributed by atoms with E-state index in [9.17, 15) is 9.59 Å². The van der Waals surface area contributed by atoms with Gasteiger partial charge in [-0.1, -0.05) is 6.92 Å². The van der Waals surface area contributed by atoms with Crippen LogP contribution in [0.25, 0.3) is 10.2 Å². The van der Waals surface area contributed by atoms with Gasteiger partial charge >= 0.3 is 11.8 Å². The molecule has 9 heteroatoms. The van der Waals surface area contributed by atoms with Gasteiger partial charge in [-0.05, 0) is 43.4 Å². The highest BCUT2D eigenvalue weighted by Gasteiger charge is 2.35. The molecule has 4 heterocycles. The summed E-state index contributed by atoms with van der Waals surface area (Å²) in [5.74, 6) is -0.438. The van der Waals surface area contributed by atoms with Crippen molar-refractivity contribution in [2.75, 3.05) is 17.6 Å². The molecule has 3 aromatic heterocycles. The van der Waals surface area contributed by atoms with Crippen molar-refractivity contribution in [2.45, 2.75) is 32.7 Å². The topological polar surface area (TPSA) is 117 Å². The summed E-state index contributed by atoms with van der Waals surface area (Å²) in [4.78, 5) is 32.4. The SMILES string of the molecule is Cc1cc(NC(=O)C(=O)N2C[C@@H](C)CC[C@@H]2c2cc3[nH]ncc3s2)cnc1N. The van der Waals surface area contributed by atoms with Crippen LogP contribution in [-0.4, -0.2) is 38.4 Å². The molecule has 1 aliphatic heterocycles. The van der Waals surface area contributed by atoms with E-state index in [1.807, 2.05) is 6.07 Å². The molecule has 0 bridgehead atoms. The van der Waals surface area contributed by atoms with Crippen molar-refractivity contribution in [2.24, 2.45) is 5.92 Å². The van der Waals surface area contributed by atoms with E-state index in [0.29, 0.717) is 24.0 Å². The Balaban J connectivity index is 1.56. The Hall–Kier alpha value is -2.94. The van der Waals surface area contributed by atoms with E-state index >= 15 is 0 Å². The fraction of sp³-hybridized carbons (Fsp3) is 0.368. The Bertz CT molecular complexity index is 1010. The lowest BCUT2D eigenvalue weighted by Gasteiger charge is -2.37. The average Bonchev–Trinajstić information content (AvgIpc) is 3.26. The van der Waals surface area contributed by atoms with Crippen molar-refractivity contribution in [1.82, 2.24) is 20.1 Å². The number of hydrogen-bond donors (Lipinski definition) is 3. The predicted molar refractivity (Wildman–Crippen MR) is 109 cm³/mol. The minimum absolute atomic E-state index is 0.105. The maximum atomic E-state index is 13.0. The number of nitrogens with zero attached hydrogens (tertiary/aromatic N) is 3. The molecule has 1 saturated heterocycles. The lowest BCUT2D eigenvalue weighted by molar-refractivity contribution is -0.146. The second-order valence-corrected chi connectivity index (χ2v) is 8.45. The molecule has 0 aromatic carbocycles. The number of carbonyl (C=O) groups is 2. The highest BCUT2D eigenvalue weighted by Crippen LogP contribution is 2.38. The number of hydrogen-bond acceptors (Lipinski definition) is 6. The summed E-state index contributed by atoms with van der Waals surface area (Å²) in [6.07, 6.45) is 5.09. The number of nitrogen functional groups attached to an aromatic ring is 1. The van der Waals surface area contributed by atoms with Gasteiger partial charge in [0.05, 0.1) is 34.3 Å². The van der Waals surface area contributed by atoms with Crippen molar-refractivity contribution in [3.05, 3.63) is 35.0 Å². The van der Waals surface area contributed by atoms with Crippen molar-refractivity contribution >= 4 is 44.9 Å². The number of thiophene rings is 1. The average molecular weight is 398 g/mol. The number of pyridine rings is 1. The molecule has 1 fully saturated rings. The normalized spacial score (nSPS) is 19.7. The van der Waals surface area contributed by atoms with Crippen molar-refractivity contribution < 1.29 is 9.59 Å². The van der Waals surface area contributed by atoms with Gasteiger partial charge in [-0.3, -0.25) is 14.7 Å². The predicted octanol–water partition coefficient (Wildman–Crippen LogP) is 2.85. The number of aromatic nitrogens is 3. The summed E-state index contributed by atoms with van der Waals surface area (Å²) < 4.78 is 1.05. The molecular formula is C19H22N6O2S. The summed E-state index contributed by atoms with van der Waals surface area (Å²) in [5.41, 5.74) is 7.88.